The molecule has 5 rings (SSSR count). The summed E-state index contributed by atoms with van der Waals surface area (Å²) in [5, 5.41) is 16.2. The lowest BCUT2D eigenvalue weighted by Gasteiger charge is -2.25. The second kappa shape index (κ2) is 6.88. The zero-order valence-corrected chi connectivity index (χ0v) is 16.8. The van der Waals surface area contributed by atoms with Crippen molar-refractivity contribution >= 4 is 34.7 Å². The van der Waals surface area contributed by atoms with Gasteiger partial charge in [0.05, 0.1) is 11.7 Å². The molecule has 0 spiro atoms. The molecule has 4 aromatic rings. The number of nitrogens with one attached hydrogen (secondary N) is 3. The Hall–Kier alpha value is -2.87. The van der Waals surface area contributed by atoms with Crippen LogP contribution >= 0.6 is 23.8 Å². The van der Waals surface area contributed by atoms with E-state index >= 15 is 0 Å². The van der Waals surface area contributed by atoms with Gasteiger partial charge in [-0.05, 0) is 54.5 Å². The zero-order valence-electron chi connectivity index (χ0n) is 15.2. The Morgan fingerprint density at radius 3 is 2.66 bits per heavy atom. The smallest absolute Gasteiger partial charge is 0.260 e. The highest BCUT2D eigenvalue weighted by molar-refractivity contribution is 7.71. The van der Waals surface area contributed by atoms with Crippen LogP contribution in [0.15, 0.2) is 53.3 Å². The molecule has 0 bridgehead atoms. The first-order valence-electron chi connectivity index (χ1n) is 9.21. The van der Waals surface area contributed by atoms with E-state index < -0.39 is 11.6 Å². The van der Waals surface area contributed by atoms with E-state index in [4.69, 9.17) is 23.8 Å². The van der Waals surface area contributed by atoms with E-state index in [9.17, 15) is 9.90 Å². The van der Waals surface area contributed by atoms with E-state index in [0.717, 1.165) is 28.6 Å². The summed E-state index contributed by atoms with van der Waals surface area (Å²) in [6.07, 6.45) is 0.838. The van der Waals surface area contributed by atoms with Crippen LogP contribution in [0.2, 0.25) is 5.02 Å². The molecule has 8 heteroatoms. The first-order chi connectivity index (χ1) is 14.0. The van der Waals surface area contributed by atoms with Crippen molar-refractivity contribution < 1.29 is 5.11 Å². The maximum absolute atomic E-state index is 12.9. The maximum Gasteiger partial charge on any atom is 0.260 e. The van der Waals surface area contributed by atoms with E-state index in [2.05, 4.69) is 21.4 Å². The molecular formula is C21H17ClN4O2S. The summed E-state index contributed by atoms with van der Waals surface area (Å²) in [6, 6.07) is 14.5. The van der Waals surface area contributed by atoms with Gasteiger partial charge in [-0.1, -0.05) is 29.8 Å². The Morgan fingerprint density at radius 2 is 1.86 bits per heavy atom. The number of aromatic amines is 2. The molecule has 0 fully saturated rings. The highest BCUT2D eigenvalue weighted by atomic mass is 35.5. The van der Waals surface area contributed by atoms with Gasteiger partial charge < -0.3 is 15.4 Å². The summed E-state index contributed by atoms with van der Waals surface area (Å²) < 4.78 is 1.56. The van der Waals surface area contributed by atoms with Crippen molar-refractivity contribution in [2.45, 2.75) is 12.5 Å². The van der Waals surface area contributed by atoms with Crippen LogP contribution in [-0.2, 0) is 6.42 Å². The number of hydrogen-bond donors (Lipinski definition) is 4. The van der Waals surface area contributed by atoms with E-state index in [0.29, 0.717) is 17.3 Å². The average molecular weight is 425 g/mol. The lowest BCUT2D eigenvalue weighted by molar-refractivity contribution is 0.412. The van der Waals surface area contributed by atoms with E-state index in [-0.39, 0.29) is 16.2 Å². The predicted octanol–water partition coefficient (Wildman–Crippen LogP) is 3.97. The molecule has 0 saturated heterocycles. The fraction of sp³-hybridized carbons (Fsp3) is 0.143. The van der Waals surface area contributed by atoms with Crippen LogP contribution in [0.3, 0.4) is 0 Å². The molecule has 1 aliphatic rings. The second-order valence-electron chi connectivity index (χ2n) is 7.01. The Kier molecular flexibility index (Phi) is 4.31. The minimum Gasteiger partial charge on any atom is -0.494 e. The van der Waals surface area contributed by atoms with Gasteiger partial charge in [0.1, 0.15) is 5.56 Å². The van der Waals surface area contributed by atoms with Crippen molar-refractivity contribution in [2.75, 3.05) is 6.54 Å². The van der Waals surface area contributed by atoms with Crippen LogP contribution in [-0.4, -0.2) is 26.2 Å². The Bertz CT molecular complexity index is 1350. The topological polar surface area (TPSA) is 85.8 Å². The first kappa shape index (κ1) is 18.2. The highest BCUT2D eigenvalue weighted by Crippen LogP contribution is 2.35. The van der Waals surface area contributed by atoms with Crippen LogP contribution in [0.5, 0.6) is 5.88 Å². The van der Waals surface area contributed by atoms with Gasteiger partial charge in [-0.15, -0.1) is 0 Å². The molecule has 29 heavy (non-hydrogen) atoms. The van der Waals surface area contributed by atoms with Crippen LogP contribution in [0, 0.1) is 4.77 Å². The Morgan fingerprint density at radius 1 is 1.10 bits per heavy atom. The van der Waals surface area contributed by atoms with E-state index in [1.165, 1.54) is 4.57 Å². The molecule has 0 aliphatic carbocycles. The summed E-state index contributed by atoms with van der Waals surface area (Å²) in [5.41, 5.74) is 3.47. The van der Waals surface area contributed by atoms with Crippen molar-refractivity contribution in [1.82, 2.24) is 19.9 Å². The third kappa shape index (κ3) is 2.90. The van der Waals surface area contributed by atoms with Gasteiger partial charge in [-0.2, -0.15) is 0 Å². The monoisotopic (exact) mass is 424 g/mol. The zero-order chi connectivity index (χ0) is 20.1. The molecule has 0 radical (unpaired) electrons. The van der Waals surface area contributed by atoms with Gasteiger partial charge in [0, 0.05) is 28.2 Å². The number of fused-ring (bicyclic) bond motifs is 3. The predicted molar refractivity (Wildman–Crippen MR) is 116 cm³/mol. The molecule has 1 atom stereocenters. The molecule has 146 valence electrons. The summed E-state index contributed by atoms with van der Waals surface area (Å²) >= 11 is 11.3. The first-order valence-corrected chi connectivity index (χ1v) is 10.00. The van der Waals surface area contributed by atoms with Gasteiger partial charge in [0.15, 0.2) is 4.77 Å². The number of halogens is 1. The van der Waals surface area contributed by atoms with Crippen molar-refractivity contribution in [3.05, 3.63) is 85.5 Å². The second-order valence-corrected chi connectivity index (χ2v) is 7.83. The molecule has 2 aromatic carbocycles. The van der Waals surface area contributed by atoms with Crippen molar-refractivity contribution in [3.63, 3.8) is 0 Å². The average Bonchev–Trinajstić information content (AvgIpc) is 3.09. The standard InChI is InChI=1S/C21H17ClN4O2S/c22-11-5-7-12(8-6-11)26-20(28)16(19(27)25-21(26)29)18-17-14(9-10-23-18)13-3-1-2-4-15(13)24-17/h1-8,18,23-24,28H,9-10H2,(H,25,27,29). The van der Waals surface area contributed by atoms with Crippen LogP contribution < -0.4 is 10.9 Å². The summed E-state index contributed by atoms with van der Waals surface area (Å²) in [7, 11) is 0. The Balaban J connectivity index is 1.74. The van der Waals surface area contributed by atoms with E-state index in [1.54, 1.807) is 24.3 Å². The van der Waals surface area contributed by atoms with E-state index in [1.807, 2.05) is 18.2 Å². The number of H-pyrrole nitrogens is 2. The fourth-order valence-electron chi connectivity index (χ4n) is 4.06. The molecule has 3 heterocycles. The minimum atomic E-state index is -0.482. The summed E-state index contributed by atoms with van der Waals surface area (Å²) in [6.45, 7) is 0.689. The third-order valence-corrected chi connectivity index (χ3v) is 5.89. The largest absolute Gasteiger partial charge is 0.494 e. The number of rotatable bonds is 2. The van der Waals surface area contributed by atoms with Crippen LogP contribution in [0.1, 0.15) is 22.9 Å². The summed E-state index contributed by atoms with van der Waals surface area (Å²) in [4.78, 5) is 19.0. The SMILES string of the molecule is O=c1[nH]c(=S)n(-c2ccc(Cl)cc2)c(O)c1C1NCCc2c1[nH]c1ccccc21. The maximum atomic E-state index is 12.9. The van der Waals surface area contributed by atoms with Crippen molar-refractivity contribution in [2.24, 2.45) is 0 Å². The minimum absolute atomic E-state index is 0.117. The number of para-hydroxylation sites is 1. The van der Waals surface area contributed by atoms with Crippen molar-refractivity contribution in [3.8, 4) is 11.6 Å². The van der Waals surface area contributed by atoms with Gasteiger partial charge in [-0.25, -0.2) is 0 Å². The quantitative estimate of drug-likeness (QED) is 0.367. The van der Waals surface area contributed by atoms with Gasteiger partial charge in [0.25, 0.3) is 5.56 Å². The normalized spacial score (nSPS) is 16.1. The molecule has 0 amide bonds. The molecule has 0 saturated carbocycles. The van der Waals surface area contributed by atoms with Crippen LogP contribution in [0.25, 0.3) is 16.6 Å². The lowest BCUT2D eigenvalue weighted by atomic mass is 9.95. The molecular weight excluding hydrogens is 408 g/mol. The van der Waals surface area contributed by atoms with Gasteiger partial charge in [-0.3, -0.25) is 14.3 Å². The Labute approximate surface area is 175 Å². The van der Waals surface area contributed by atoms with Gasteiger partial charge in [0.2, 0.25) is 5.88 Å². The number of aromatic hydroxyl groups is 1. The molecule has 1 unspecified atom stereocenters. The van der Waals surface area contributed by atoms with Crippen molar-refractivity contribution in [1.29, 1.82) is 0 Å². The fourth-order valence-corrected chi connectivity index (χ4v) is 4.47. The van der Waals surface area contributed by atoms with Crippen LogP contribution in [0.4, 0.5) is 0 Å². The number of hydrogen-bond acceptors (Lipinski definition) is 4. The molecule has 2 aromatic heterocycles. The lowest BCUT2D eigenvalue weighted by Crippen LogP contribution is -2.35. The van der Waals surface area contributed by atoms with Gasteiger partial charge >= 0.3 is 0 Å². The molecule has 6 nitrogen and oxygen atoms in total. The third-order valence-electron chi connectivity index (χ3n) is 5.35. The number of aromatic nitrogens is 3. The molecule has 4 N–H and O–H groups in total. The highest BCUT2D eigenvalue weighted by Gasteiger charge is 2.30. The molecule has 1 aliphatic heterocycles. The number of benzene rings is 2. The number of nitrogens with zero attached hydrogens (tertiary/aromatic N) is 1. The summed E-state index contributed by atoms with van der Waals surface area (Å²) in [5.74, 6) is -0.190.